The molecule has 0 aliphatic carbocycles. The van der Waals surface area contributed by atoms with Crippen LogP contribution in [-0.4, -0.2) is 59.1 Å². The van der Waals surface area contributed by atoms with Gasteiger partial charge < -0.3 is 20.3 Å². The van der Waals surface area contributed by atoms with Crippen LogP contribution in [0.1, 0.15) is 61.4 Å². The number of hydrogen-bond donors (Lipinski definition) is 2. The minimum absolute atomic E-state index is 0.0444. The Morgan fingerprint density at radius 1 is 1.22 bits per heavy atom. The molecule has 0 saturated carbocycles. The standard InChI is InChI=1S/C19H28N4O4/c1-5-27-18(26)23-10-7-14(8-11-23)21-17(25)15-12-13(6-9-20-15)16(24)22-19(2,3)4/h6,9,12,14H,5,7-8,10-11H2,1-4H3,(H,21,25)(H,22,24). The quantitative estimate of drug-likeness (QED) is 0.837. The van der Waals surface area contributed by atoms with E-state index < -0.39 is 0 Å². The van der Waals surface area contributed by atoms with Crippen LogP contribution in [0.3, 0.4) is 0 Å². The van der Waals surface area contributed by atoms with Gasteiger partial charge in [0.05, 0.1) is 6.61 Å². The molecule has 8 heteroatoms. The van der Waals surface area contributed by atoms with E-state index in [0.29, 0.717) is 38.1 Å². The molecule has 0 aromatic carbocycles. The minimum Gasteiger partial charge on any atom is -0.450 e. The van der Waals surface area contributed by atoms with Crippen LogP contribution in [0.15, 0.2) is 18.3 Å². The van der Waals surface area contributed by atoms with Crippen LogP contribution in [0.2, 0.25) is 0 Å². The van der Waals surface area contributed by atoms with Crippen molar-refractivity contribution in [1.82, 2.24) is 20.5 Å². The highest BCUT2D eigenvalue weighted by Crippen LogP contribution is 2.13. The van der Waals surface area contributed by atoms with Crippen molar-refractivity contribution in [2.75, 3.05) is 19.7 Å². The van der Waals surface area contributed by atoms with Crippen molar-refractivity contribution in [3.05, 3.63) is 29.6 Å². The fourth-order valence-corrected chi connectivity index (χ4v) is 2.79. The van der Waals surface area contributed by atoms with Gasteiger partial charge in [0.25, 0.3) is 11.8 Å². The number of amides is 3. The van der Waals surface area contributed by atoms with E-state index in [0.717, 1.165) is 0 Å². The molecule has 27 heavy (non-hydrogen) atoms. The van der Waals surface area contributed by atoms with Gasteiger partial charge in [0, 0.05) is 36.4 Å². The number of piperidine rings is 1. The van der Waals surface area contributed by atoms with E-state index in [4.69, 9.17) is 4.74 Å². The van der Waals surface area contributed by atoms with Crippen molar-refractivity contribution in [1.29, 1.82) is 0 Å². The Labute approximate surface area is 159 Å². The van der Waals surface area contributed by atoms with Crippen molar-refractivity contribution in [3.63, 3.8) is 0 Å². The summed E-state index contributed by atoms with van der Waals surface area (Å²) in [7, 11) is 0. The van der Waals surface area contributed by atoms with Gasteiger partial charge in [-0.1, -0.05) is 0 Å². The molecular formula is C19H28N4O4. The number of hydrogen-bond acceptors (Lipinski definition) is 5. The van der Waals surface area contributed by atoms with E-state index in [2.05, 4.69) is 15.6 Å². The molecule has 1 aliphatic rings. The van der Waals surface area contributed by atoms with Crippen LogP contribution >= 0.6 is 0 Å². The molecule has 0 spiro atoms. The minimum atomic E-state index is -0.365. The van der Waals surface area contributed by atoms with Crippen molar-refractivity contribution >= 4 is 17.9 Å². The molecule has 0 unspecified atom stereocenters. The van der Waals surface area contributed by atoms with Crippen LogP contribution in [0.5, 0.6) is 0 Å². The first-order valence-corrected chi connectivity index (χ1v) is 9.20. The van der Waals surface area contributed by atoms with E-state index in [9.17, 15) is 14.4 Å². The molecule has 1 aliphatic heterocycles. The van der Waals surface area contributed by atoms with Gasteiger partial charge in [0.2, 0.25) is 0 Å². The predicted molar refractivity (Wildman–Crippen MR) is 101 cm³/mol. The van der Waals surface area contributed by atoms with Crippen LogP contribution < -0.4 is 10.6 Å². The number of nitrogens with zero attached hydrogens (tertiary/aromatic N) is 2. The van der Waals surface area contributed by atoms with Crippen molar-refractivity contribution < 1.29 is 19.1 Å². The molecule has 148 valence electrons. The highest BCUT2D eigenvalue weighted by molar-refractivity contribution is 5.98. The second-order valence-corrected chi connectivity index (χ2v) is 7.57. The molecule has 1 saturated heterocycles. The predicted octanol–water partition coefficient (Wildman–Crippen LogP) is 1.96. The molecule has 1 fully saturated rings. The summed E-state index contributed by atoms with van der Waals surface area (Å²) < 4.78 is 4.99. The molecular weight excluding hydrogens is 348 g/mol. The number of pyridine rings is 1. The summed E-state index contributed by atoms with van der Waals surface area (Å²) in [6, 6.07) is 3.02. The Hall–Kier alpha value is -2.64. The maximum Gasteiger partial charge on any atom is 0.409 e. The van der Waals surface area contributed by atoms with Crippen LogP contribution in [-0.2, 0) is 4.74 Å². The van der Waals surface area contributed by atoms with Gasteiger partial charge in [-0.3, -0.25) is 14.6 Å². The first-order valence-electron chi connectivity index (χ1n) is 9.20. The molecule has 3 amide bonds. The number of aromatic nitrogens is 1. The number of ether oxygens (including phenoxy) is 1. The van der Waals surface area contributed by atoms with E-state index in [1.165, 1.54) is 12.3 Å². The first kappa shape index (κ1) is 20.7. The van der Waals surface area contributed by atoms with Gasteiger partial charge in [-0.15, -0.1) is 0 Å². The summed E-state index contributed by atoms with van der Waals surface area (Å²) in [5.74, 6) is -0.573. The van der Waals surface area contributed by atoms with Gasteiger partial charge in [0.1, 0.15) is 5.69 Å². The van der Waals surface area contributed by atoms with Crippen LogP contribution in [0, 0.1) is 0 Å². The van der Waals surface area contributed by atoms with Crippen LogP contribution in [0.25, 0.3) is 0 Å². The van der Waals surface area contributed by atoms with E-state index >= 15 is 0 Å². The van der Waals surface area contributed by atoms with E-state index in [-0.39, 0.29) is 35.2 Å². The number of likely N-dealkylation sites (tertiary alicyclic amines) is 1. The van der Waals surface area contributed by atoms with Gasteiger partial charge in [-0.05, 0) is 52.7 Å². The average Bonchev–Trinajstić information content (AvgIpc) is 2.61. The van der Waals surface area contributed by atoms with E-state index in [1.54, 1.807) is 17.9 Å². The molecule has 1 aromatic heterocycles. The zero-order valence-electron chi connectivity index (χ0n) is 16.4. The Balaban J connectivity index is 1.92. The summed E-state index contributed by atoms with van der Waals surface area (Å²) in [6.07, 6.45) is 2.43. The van der Waals surface area contributed by atoms with Gasteiger partial charge in [0.15, 0.2) is 0 Å². The van der Waals surface area contributed by atoms with E-state index in [1.807, 2.05) is 20.8 Å². The fourth-order valence-electron chi connectivity index (χ4n) is 2.79. The monoisotopic (exact) mass is 376 g/mol. The zero-order chi connectivity index (χ0) is 20.0. The molecule has 0 bridgehead atoms. The molecule has 2 rings (SSSR count). The van der Waals surface area contributed by atoms with Gasteiger partial charge in [-0.2, -0.15) is 0 Å². The number of nitrogens with one attached hydrogen (secondary N) is 2. The normalized spacial score (nSPS) is 15.2. The van der Waals surface area contributed by atoms with Crippen molar-refractivity contribution in [3.8, 4) is 0 Å². The molecule has 1 aromatic rings. The summed E-state index contributed by atoms with van der Waals surface area (Å²) >= 11 is 0. The number of carbonyl (C=O) groups is 3. The van der Waals surface area contributed by atoms with Crippen molar-refractivity contribution in [2.45, 2.75) is 52.1 Å². The summed E-state index contributed by atoms with van der Waals surface area (Å²) in [5.41, 5.74) is 0.224. The smallest absolute Gasteiger partial charge is 0.409 e. The first-order chi connectivity index (χ1) is 12.7. The number of carbonyl (C=O) groups excluding carboxylic acids is 3. The third-order valence-electron chi connectivity index (χ3n) is 4.10. The van der Waals surface area contributed by atoms with Crippen molar-refractivity contribution in [2.24, 2.45) is 0 Å². The molecule has 8 nitrogen and oxygen atoms in total. The highest BCUT2D eigenvalue weighted by Gasteiger charge is 2.25. The second kappa shape index (κ2) is 8.83. The third-order valence-corrected chi connectivity index (χ3v) is 4.10. The number of rotatable bonds is 4. The molecule has 2 heterocycles. The maximum absolute atomic E-state index is 12.5. The van der Waals surface area contributed by atoms with Gasteiger partial charge >= 0.3 is 6.09 Å². The molecule has 2 N–H and O–H groups in total. The van der Waals surface area contributed by atoms with Gasteiger partial charge in [-0.25, -0.2) is 4.79 Å². The molecule has 0 radical (unpaired) electrons. The largest absolute Gasteiger partial charge is 0.450 e. The van der Waals surface area contributed by atoms with Crippen LogP contribution in [0.4, 0.5) is 4.79 Å². The highest BCUT2D eigenvalue weighted by atomic mass is 16.6. The average molecular weight is 376 g/mol. The second-order valence-electron chi connectivity index (χ2n) is 7.57. The lowest BCUT2D eigenvalue weighted by atomic mass is 10.0. The summed E-state index contributed by atoms with van der Waals surface area (Å²) in [4.78, 5) is 42.2. The Bertz CT molecular complexity index is 691. The zero-order valence-corrected chi connectivity index (χ0v) is 16.4. The fraction of sp³-hybridized carbons (Fsp3) is 0.579. The Kier molecular flexibility index (Phi) is 6.76. The SMILES string of the molecule is CCOC(=O)N1CCC(NC(=O)c2cc(C(=O)NC(C)(C)C)ccn2)CC1. The lowest BCUT2D eigenvalue weighted by Crippen LogP contribution is -2.46. The summed E-state index contributed by atoms with van der Waals surface area (Å²) in [6.45, 7) is 8.86. The molecule has 0 atom stereocenters. The summed E-state index contributed by atoms with van der Waals surface area (Å²) in [5, 5.41) is 5.79. The topological polar surface area (TPSA) is 101 Å². The lowest BCUT2D eigenvalue weighted by molar-refractivity contribution is 0.0856. The Morgan fingerprint density at radius 2 is 1.89 bits per heavy atom. The third kappa shape index (κ3) is 6.23. The maximum atomic E-state index is 12.5. The Morgan fingerprint density at radius 3 is 2.48 bits per heavy atom. The lowest BCUT2D eigenvalue weighted by Gasteiger charge is -2.31.